The molecule has 1 heterocycles. The Balaban J connectivity index is 1.53. The number of ether oxygens (including phenoxy) is 1. The molecule has 27 heavy (non-hydrogen) atoms. The Morgan fingerprint density at radius 2 is 1.56 bits per heavy atom. The SMILES string of the molecule is O=C(O)CNC(=O)c1ccc(Nc2ccc(CN3CCOCC3)cc2)cc1. The molecule has 0 spiro atoms. The van der Waals surface area contributed by atoms with Gasteiger partial charge in [-0.1, -0.05) is 12.1 Å². The Kier molecular flexibility index (Phi) is 6.40. The highest BCUT2D eigenvalue weighted by Gasteiger charge is 2.10. The van der Waals surface area contributed by atoms with Gasteiger partial charge in [0.25, 0.3) is 5.91 Å². The van der Waals surface area contributed by atoms with Gasteiger partial charge in [-0.05, 0) is 42.0 Å². The number of hydrogen-bond acceptors (Lipinski definition) is 5. The van der Waals surface area contributed by atoms with Gasteiger partial charge in [0, 0.05) is 36.6 Å². The van der Waals surface area contributed by atoms with Gasteiger partial charge in [-0.25, -0.2) is 0 Å². The van der Waals surface area contributed by atoms with Crippen LogP contribution in [0.4, 0.5) is 11.4 Å². The lowest BCUT2D eigenvalue weighted by atomic mass is 10.1. The Bertz CT molecular complexity index is 769. The number of carbonyl (C=O) groups is 2. The monoisotopic (exact) mass is 369 g/mol. The van der Waals surface area contributed by atoms with E-state index in [0.717, 1.165) is 44.2 Å². The maximum absolute atomic E-state index is 11.8. The molecule has 1 aliphatic rings. The number of rotatable bonds is 7. The predicted molar refractivity (Wildman–Crippen MR) is 102 cm³/mol. The molecule has 2 aromatic rings. The molecular formula is C20H23N3O4. The molecule has 0 unspecified atom stereocenters. The van der Waals surface area contributed by atoms with Crippen LogP contribution in [0.25, 0.3) is 0 Å². The van der Waals surface area contributed by atoms with Crippen LogP contribution >= 0.6 is 0 Å². The van der Waals surface area contributed by atoms with E-state index in [1.54, 1.807) is 24.3 Å². The molecule has 0 bridgehead atoms. The maximum Gasteiger partial charge on any atom is 0.322 e. The summed E-state index contributed by atoms with van der Waals surface area (Å²) in [6, 6.07) is 15.2. The van der Waals surface area contributed by atoms with E-state index in [9.17, 15) is 9.59 Å². The van der Waals surface area contributed by atoms with Gasteiger partial charge in [0.05, 0.1) is 13.2 Å². The van der Waals surface area contributed by atoms with Crippen molar-refractivity contribution in [1.29, 1.82) is 0 Å². The first kappa shape index (κ1) is 18.9. The van der Waals surface area contributed by atoms with Crippen molar-refractivity contribution in [2.75, 3.05) is 38.2 Å². The number of nitrogens with zero attached hydrogens (tertiary/aromatic N) is 1. The Morgan fingerprint density at radius 3 is 2.15 bits per heavy atom. The topological polar surface area (TPSA) is 90.9 Å². The normalized spacial score (nSPS) is 14.5. The van der Waals surface area contributed by atoms with E-state index >= 15 is 0 Å². The minimum atomic E-state index is -1.07. The summed E-state index contributed by atoms with van der Waals surface area (Å²) in [6.07, 6.45) is 0. The van der Waals surface area contributed by atoms with Crippen LogP contribution in [-0.4, -0.2) is 54.7 Å². The molecule has 7 heteroatoms. The first-order valence-electron chi connectivity index (χ1n) is 8.86. The third-order valence-electron chi connectivity index (χ3n) is 4.30. The molecule has 3 rings (SSSR count). The van der Waals surface area contributed by atoms with Crippen LogP contribution in [-0.2, 0) is 16.1 Å². The Labute approximate surface area is 157 Å². The highest BCUT2D eigenvalue weighted by molar-refractivity contribution is 5.96. The van der Waals surface area contributed by atoms with E-state index in [0.29, 0.717) is 5.56 Å². The van der Waals surface area contributed by atoms with Crippen molar-refractivity contribution in [3.8, 4) is 0 Å². The highest BCUT2D eigenvalue weighted by atomic mass is 16.5. The van der Waals surface area contributed by atoms with E-state index in [-0.39, 0.29) is 0 Å². The fourth-order valence-corrected chi connectivity index (χ4v) is 2.84. The third kappa shape index (κ3) is 5.80. The molecule has 1 fully saturated rings. The van der Waals surface area contributed by atoms with Crippen molar-refractivity contribution in [3.63, 3.8) is 0 Å². The molecule has 0 aliphatic carbocycles. The number of nitrogens with one attached hydrogen (secondary N) is 2. The van der Waals surface area contributed by atoms with Crippen LogP contribution in [0.1, 0.15) is 15.9 Å². The lowest BCUT2D eigenvalue weighted by Gasteiger charge is -2.26. The number of aliphatic carboxylic acids is 1. The molecular weight excluding hydrogens is 346 g/mol. The highest BCUT2D eigenvalue weighted by Crippen LogP contribution is 2.18. The van der Waals surface area contributed by atoms with E-state index in [1.807, 2.05) is 12.1 Å². The van der Waals surface area contributed by atoms with Crippen LogP contribution in [0.2, 0.25) is 0 Å². The molecule has 2 aromatic carbocycles. The molecule has 7 nitrogen and oxygen atoms in total. The first-order valence-corrected chi connectivity index (χ1v) is 8.86. The molecule has 0 radical (unpaired) electrons. The van der Waals surface area contributed by atoms with Crippen molar-refractivity contribution in [2.24, 2.45) is 0 Å². The van der Waals surface area contributed by atoms with Crippen molar-refractivity contribution in [1.82, 2.24) is 10.2 Å². The van der Waals surface area contributed by atoms with Crippen LogP contribution in [0, 0.1) is 0 Å². The van der Waals surface area contributed by atoms with E-state index in [4.69, 9.17) is 9.84 Å². The van der Waals surface area contributed by atoms with Crippen molar-refractivity contribution in [2.45, 2.75) is 6.54 Å². The van der Waals surface area contributed by atoms with Gasteiger partial charge in [-0.2, -0.15) is 0 Å². The van der Waals surface area contributed by atoms with E-state index < -0.39 is 18.4 Å². The molecule has 1 amide bonds. The molecule has 0 atom stereocenters. The number of amides is 1. The molecule has 3 N–H and O–H groups in total. The molecule has 0 saturated carbocycles. The quantitative estimate of drug-likeness (QED) is 0.692. The number of benzene rings is 2. The molecule has 142 valence electrons. The van der Waals surface area contributed by atoms with E-state index in [2.05, 4.69) is 27.7 Å². The third-order valence-corrected chi connectivity index (χ3v) is 4.30. The second-order valence-electron chi connectivity index (χ2n) is 6.36. The summed E-state index contributed by atoms with van der Waals surface area (Å²) >= 11 is 0. The minimum Gasteiger partial charge on any atom is -0.480 e. The van der Waals surface area contributed by atoms with Crippen LogP contribution in [0.5, 0.6) is 0 Å². The number of carboxylic acids is 1. The summed E-state index contributed by atoms with van der Waals surface area (Å²) in [6.45, 7) is 4.05. The van der Waals surface area contributed by atoms with Gasteiger partial charge in [-0.15, -0.1) is 0 Å². The van der Waals surface area contributed by atoms with Crippen LogP contribution in [0.3, 0.4) is 0 Å². The Morgan fingerprint density at radius 1 is 0.963 bits per heavy atom. The zero-order chi connectivity index (χ0) is 19.1. The zero-order valence-corrected chi connectivity index (χ0v) is 15.0. The predicted octanol–water partition coefficient (Wildman–Crippen LogP) is 2.08. The number of carboxylic acid groups (broad SMARTS) is 1. The summed E-state index contributed by atoms with van der Waals surface area (Å²) in [5.74, 6) is -1.48. The summed E-state index contributed by atoms with van der Waals surface area (Å²) < 4.78 is 5.37. The standard InChI is InChI=1S/C20H23N3O4/c24-19(25)13-21-20(26)16-3-7-18(8-4-16)22-17-5-1-15(2-6-17)14-23-9-11-27-12-10-23/h1-8,22H,9-14H2,(H,21,26)(H,24,25). The molecule has 1 aliphatic heterocycles. The average molecular weight is 369 g/mol. The summed E-state index contributed by atoms with van der Waals surface area (Å²) in [5, 5.41) is 14.2. The van der Waals surface area contributed by atoms with Gasteiger partial charge in [0.15, 0.2) is 0 Å². The summed E-state index contributed by atoms with van der Waals surface area (Å²) in [4.78, 5) is 24.7. The van der Waals surface area contributed by atoms with Crippen molar-refractivity contribution >= 4 is 23.3 Å². The van der Waals surface area contributed by atoms with Gasteiger partial charge in [-0.3, -0.25) is 14.5 Å². The van der Waals surface area contributed by atoms with Gasteiger partial charge in [0.2, 0.25) is 0 Å². The van der Waals surface area contributed by atoms with Crippen molar-refractivity contribution < 1.29 is 19.4 Å². The summed E-state index contributed by atoms with van der Waals surface area (Å²) in [7, 11) is 0. The first-order chi connectivity index (χ1) is 13.1. The van der Waals surface area contributed by atoms with Gasteiger partial charge >= 0.3 is 5.97 Å². The fourth-order valence-electron chi connectivity index (χ4n) is 2.84. The Hall–Kier alpha value is -2.90. The smallest absolute Gasteiger partial charge is 0.322 e. The average Bonchev–Trinajstić information content (AvgIpc) is 2.69. The number of carbonyl (C=O) groups excluding carboxylic acids is 1. The van der Waals surface area contributed by atoms with Crippen molar-refractivity contribution in [3.05, 3.63) is 59.7 Å². The minimum absolute atomic E-state index is 0.393. The van der Waals surface area contributed by atoms with E-state index in [1.165, 1.54) is 5.56 Å². The second kappa shape index (κ2) is 9.16. The maximum atomic E-state index is 11.8. The lowest BCUT2D eigenvalue weighted by Crippen LogP contribution is -2.35. The van der Waals surface area contributed by atoms with Gasteiger partial charge < -0.3 is 20.5 Å². The lowest BCUT2D eigenvalue weighted by molar-refractivity contribution is -0.135. The molecule has 1 saturated heterocycles. The molecule has 0 aromatic heterocycles. The van der Waals surface area contributed by atoms with Gasteiger partial charge in [0.1, 0.15) is 6.54 Å². The fraction of sp³-hybridized carbons (Fsp3) is 0.300. The zero-order valence-electron chi connectivity index (χ0n) is 15.0. The largest absolute Gasteiger partial charge is 0.480 e. The second-order valence-corrected chi connectivity index (χ2v) is 6.36. The number of anilines is 2. The van der Waals surface area contributed by atoms with Crippen LogP contribution < -0.4 is 10.6 Å². The summed E-state index contributed by atoms with van der Waals surface area (Å²) in [5.41, 5.74) is 3.49. The number of morpholine rings is 1. The van der Waals surface area contributed by atoms with Crippen LogP contribution in [0.15, 0.2) is 48.5 Å². The number of hydrogen-bond donors (Lipinski definition) is 3.